The smallest absolute Gasteiger partial charge is 0.0773 e. The van der Waals surface area contributed by atoms with Gasteiger partial charge in [-0.05, 0) is 35.7 Å². The minimum atomic E-state index is 0.924. The summed E-state index contributed by atoms with van der Waals surface area (Å²) in [7, 11) is 0. The van der Waals surface area contributed by atoms with Crippen LogP contribution in [0.2, 0.25) is 0 Å². The highest BCUT2D eigenvalue weighted by atomic mass is 15.3. The first kappa shape index (κ1) is 14.5. The normalized spacial score (nSPS) is 10.7. The van der Waals surface area contributed by atoms with Crippen LogP contribution < -0.4 is 0 Å². The van der Waals surface area contributed by atoms with Gasteiger partial charge in [0.1, 0.15) is 0 Å². The van der Waals surface area contributed by atoms with Crippen molar-refractivity contribution in [3.63, 3.8) is 0 Å². The molecule has 0 aliphatic rings. The van der Waals surface area contributed by atoms with E-state index in [2.05, 4.69) is 72.7 Å². The Morgan fingerprint density at radius 3 is 1.79 bits per heavy atom. The lowest BCUT2D eigenvalue weighted by molar-refractivity contribution is 0.888. The van der Waals surface area contributed by atoms with Gasteiger partial charge in [-0.25, -0.2) is 4.68 Å². The summed E-state index contributed by atoms with van der Waals surface area (Å²) in [6.45, 7) is 4.12. The van der Waals surface area contributed by atoms with Crippen molar-refractivity contribution < 1.29 is 0 Å². The van der Waals surface area contributed by atoms with Crippen LogP contribution in [0.15, 0.2) is 91.1 Å². The molecule has 0 saturated carbocycles. The van der Waals surface area contributed by atoms with E-state index in [0.717, 1.165) is 22.5 Å². The molecule has 0 aliphatic carbocycles. The number of hydrogen-bond donors (Lipinski definition) is 0. The lowest BCUT2D eigenvalue weighted by atomic mass is 10.1. The van der Waals surface area contributed by atoms with Crippen molar-refractivity contribution in [2.24, 2.45) is 0 Å². The second-order valence-electron chi connectivity index (χ2n) is 5.71. The minimum absolute atomic E-state index is 0.924. The molecule has 0 saturated heterocycles. The highest BCUT2D eigenvalue weighted by molar-refractivity contribution is 5.68. The van der Waals surface area contributed by atoms with E-state index < -0.39 is 0 Å². The maximum atomic E-state index is 4.52. The van der Waals surface area contributed by atoms with Gasteiger partial charge in [0.2, 0.25) is 0 Å². The first-order valence-corrected chi connectivity index (χ1v) is 7.94. The topological polar surface area (TPSA) is 17.8 Å². The second kappa shape index (κ2) is 6.17. The Hall–Kier alpha value is -3.13. The molecule has 3 aromatic carbocycles. The third-order valence-electron chi connectivity index (χ3n) is 4.11. The van der Waals surface area contributed by atoms with Gasteiger partial charge in [0, 0.05) is 5.56 Å². The number of benzene rings is 3. The van der Waals surface area contributed by atoms with Crippen molar-refractivity contribution in [3.8, 4) is 28.1 Å². The Morgan fingerprint density at radius 1 is 0.625 bits per heavy atom. The van der Waals surface area contributed by atoms with Crippen LogP contribution in [0.4, 0.5) is 0 Å². The molecular weight excluding hydrogens is 292 g/mol. The summed E-state index contributed by atoms with van der Waals surface area (Å²) in [5.74, 6) is 0. The highest BCUT2D eigenvalue weighted by Gasteiger charge is 2.11. The second-order valence-corrected chi connectivity index (χ2v) is 5.71. The average Bonchev–Trinajstić information content (AvgIpc) is 3.05. The van der Waals surface area contributed by atoms with Crippen molar-refractivity contribution in [2.45, 2.75) is 0 Å². The molecule has 1 radical (unpaired) electrons. The summed E-state index contributed by atoms with van der Waals surface area (Å²) in [4.78, 5) is 0. The van der Waals surface area contributed by atoms with Gasteiger partial charge in [0.25, 0.3) is 0 Å². The molecule has 0 unspecified atom stereocenters. The predicted octanol–water partition coefficient (Wildman–Crippen LogP) is 5.39. The van der Waals surface area contributed by atoms with E-state index in [1.165, 1.54) is 11.1 Å². The van der Waals surface area contributed by atoms with Crippen LogP contribution >= 0.6 is 0 Å². The summed E-state index contributed by atoms with van der Waals surface area (Å²) >= 11 is 0. The van der Waals surface area contributed by atoms with Crippen LogP contribution in [0, 0.1) is 6.92 Å². The van der Waals surface area contributed by atoms with Crippen LogP contribution in [0.5, 0.6) is 0 Å². The number of rotatable bonds is 3. The van der Waals surface area contributed by atoms with Crippen LogP contribution in [0.25, 0.3) is 28.1 Å². The van der Waals surface area contributed by atoms with Crippen LogP contribution in [0.3, 0.4) is 0 Å². The fraction of sp³-hybridized carbons (Fsp3) is 0. The minimum Gasteiger partial charge on any atom is -0.233 e. The van der Waals surface area contributed by atoms with Crippen LogP contribution in [-0.4, -0.2) is 9.78 Å². The fourth-order valence-corrected chi connectivity index (χ4v) is 2.91. The predicted molar refractivity (Wildman–Crippen MR) is 98.9 cm³/mol. The molecule has 0 atom stereocenters. The monoisotopic (exact) mass is 309 g/mol. The quantitative estimate of drug-likeness (QED) is 0.496. The molecule has 0 N–H and O–H groups in total. The zero-order valence-corrected chi connectivity index (χ0v) is 13.3. The third kappa shape index (κ3) is 2.63. The summed E-state index contributed by atoms with van der Waals surface area (Å²) in [5.41, 5.74) is 6.51. The average molecular weight is 309 g/mol. The van der Waals surface area contributed by atoms with Gasteiger partial charge in [0.05, 0.1) is 17.6 Å². The van der Waals surface area contributed by atoms with E-state index in [1.54, 1.807) is 0 Å². The summed E-state index contributed by atoms with van der Waals surface area (Å²) in [6.07, 6.45) is 1.81. The van der Waals surface area contributed by atoms with Crippen molar-refractivity contribution in [1.82, 2.24) is 9.78 Å². The van der Waals surface area contributed by atoms with E-state index in [-0.39, 0.29) is 0 Å². The maximum Gasteiger partial charge on any atom is 0.0773 e. The lowest BCUT2D eigenvalue weighted by Gasteiger charge is -2.10. The van der Waals surface area contributed by atoms with Gasteiger partial charge in [-0.2, -0.15) is 5.10 Å². The van der Waals surface area contributed by atoms with Gasteiger partial charge >= 0.3 is 0 Å². The fourth-order valence-electron chi connectivity index (χ4n) is 2.91. The zero-order chi connectivity index (χ0) is 16.4. The maximum absolute atomic E-state index is 4.52. The first-order chi connectivity index (χ1) is 11.8. The van der Waals surface area contributed by atoms with E-state index in [0.29, 0.717) is 0 Å². The van der Waals surface area contributed by atoms with Gasteiger partial charge in [-0.15, -0.1) is 0 Å². The standard InChI is InChI=1S/C22H17N2/c1-17-16-23-24(22(17)20-10-6-3-7-11-20)21-14-12-19(13-15-21)18-8-4-2-5-9-18/h2-16H,1H2. The SMILES string of the molecule is [CH2]c1cnn(-c2ccc(-c3ccccc3)cc2)c1-c1ccccc1. The van der Waals surface area contributed by atoms with Crippen molar-refractivity contribution in [1.29, 1.82) is 0 Å². The Morgan fingerprint density at radius 2 is 1.17 bits per heavy atom. The van der Waals surface area contributed by atoms with Gasteiger partial charge in [0.15, 0.2) is 0 Å². The molecule has 0 spiro atoms. The number of hydrogen-bond acceptors (Lipinski definition) is 1. The van der Waals surface area contributed by atoms with Gasteiger partial charge in [-0.1, -0.05) is 72.8 Å². The zero-order valence-electron chi connectivity index (χ0n) is 13.3. The highest BCUT2D eigenvalue weighted by Crippen LogP contribution is 2.27. The van der Waals surface area contributed by atoms with Crippen molar-refractivity contribution in [3.05, 3.63) is 104 Å². The Kier molecular flexibility index (Phi) is 3.72. The van der Waals surface area contributed by atoms with Gasteiger partial charge in [-0.3, -0.25) is 0 Å². The molecule has 0 aliphatic heterocycles. The van der Waals surface area contributed by atoms with Crippen LogP contribution in [0.1, 0.15) is 5.56 Å². The Balaban J connectivity index is 1.76. The van der Waals surface area contributed by atoms with E-state index >= 15 is 0 Å². The molecule has 2 heteroatoms. The molecule has 0 fully saturated rings. The van der Waals surface area contributed by atoms with Crippen molar-refractivity contribution >= 4 is 0 Å². The Bertz CT molecular complexity index is 936. The summed E-state index contributed by atoms with van der Waals surface area (Å²) < 4.78 is 1.95. The lowest BCUT2D eigenvalue weighted by Crippen LogP contribution is -1.99. The molecule has 24 heavy (non-hydrogen) atoms. The Labute approximate surface area is 142 Å². The molecule has 115 valence electrons. The largest absolute Gasteiger partial charge is 0.233 e. The van der Waals surface area contributed by atoms with Crippen molar-refractivity contribution in [2.75, 3.05) is 0 Å². The summed E-state index contributed by atoms with van der Waals surface area (Å²) in [5, 5.41) is 4.52. The third-order valence-corrected chi connectivity index (χ3v) is 4.11. The summed E-state index contributed by atoms with van der Waals surface area (Å²) in [6, 6.07) is 29.1. The first-order valence-electron chi connectivity index (χ1n) is 7.94. The molecule has 0 bridgehead atoms. The molecule has 1 aromatic heterocycles. The van der Waals surface area contributed by atoms with Gasteiger partial charge < -0.3 is 0 Å². The van der Waals surface area contributed by atoms with E-state index in [4.69, 9.17) is 0 Å². The molecule has 0 amide bonds. The molecule has 4 rings (SSSR count). The molecule has 4 aromatic rings. The molecule has 1 heterocycles. The van der Waals surface area contributed by atoms with Crippen LogP contribution in [-0.2, 0) is 0 Å². The number of nitrogens with zero attached hydrogens (tertiary/aromatic N) is 2. The molecule has 2 nitrogen and oxygen atoms in total. The van der Waals surface area contributed by atoms with E-state index in [9.17, 15) is 0 Å². The molecular formula is C22H17N2. The number of aromatic nitrogens is 2. The van der Waals surface area contributed by atoms with E-state index in [1.807, 2.05) is 35.1 Å².